The second-order valence-electron chi connectivity index (χ2n) is 22.5. The summed E-state index contributed by atoms with van der Waals surface area (Å²) in [5, 5.41) is 16.9. The van der Waals surface area contributed by atoms with E-state index in [-0.39, 0.29) is 67.0 Å². The molecule has 0 spiro atoms. The second-order valence-corrected chi connectivity index (χ2v) is 24.2. The van der Waals surface area contributed by atoms with Gasteiger partial charge in [-0.3, -0.25) is 48.1 Å². The molecule has 22 nitrogen and oxygen atoms in total. The molecule has 9 amide bonds. The maximum atomic E-state index is 14.4. The Hall–Kier alpha value is -7.60. The molecule has 0 unspecified atom stereocenters. The summed E-state index contributed by atoms with van der Waals surface area (Å²) < 4.78 is 34.8. The number of rotatable bonds is 31. The molecule has 0 saturated heterocycles. The fourth-order valence-corrected chi connectivity index (χ4v) is 10.2. The lowest BCUT2D eigenvalue weighted by molar-refractivity contribution is -0.141. The van der Waals surface area contributed by atoms with E-state index in [2.05, 4.69) is 36.6 Å². The predicted molar refractivity (Wildman–Crippen MR) is 315 cm³/mol. The van der Waals surface area contributed by atoms with Gasteiger partial charge < -0.3 is 47.3 Å². The number of likely N-dealkylation sites (N-methyl/N-ethyl adjacent to an activating group) is 2. The van der Waals surface area contributed by atoms with E-state index in [0.29, 0.717) is 24.9 Å². The van der Waals surface area contributed by atoms with E-state index in [1.807, 2.05) is 78.8 Å². The minimum absolute atomic E-state index is 0.00324. The van der Waals surface area contributed by atoms with Gasteiger partial charge in [0.1, 0.15) is 24.2 Å². The maximum Gasteiger partial charge on any atom is 0.264 e. The molecule has 1 aliphatic heterocycles. The van der Waals surface area contributed by atoms with Crippen molar-refractivity contribution in [2.75, 3.05) is 45.7 Å². The van der Waals surface area contributed by atoms with Crippen molar-refractivity contribution < 1.29 is 56.3 Å². The molecule has 0 bridgehead atoms. The maximum absolute atomic E-state index is 14.4. The molecule has 0 aromatic heterocycles. The van der Waals surface area contributed by atoms with Crippen molar-refractivity contribution in [3.8, 4) is 0 Å². The van der Waals surface area contributed by atoms with Gasteiger partial charge in [-0.2, -0.15) is 0 Å². The number of imide groups is 1. The largest absolute Gasteiger partial charge is 0.379 e. The van der Waals surface area contributed by atoms with Gasteiger partial charge in [0.25, 0.3) is 27.7 Å². The zero-order chi connectivity index (χ0) is 61.8. The molecule has 23 heteroatoms. The Balaban J connectivity index is 1.42. The minimum Gasteiger partial charge on any atom is -0.379 e. The Morgan fingerprint density at radius 1 is 0.723 bits per heavy atom. The normalized spacial score (nSPS) is 15.1. The van der Waals surface area contributed by atoms with Crippen molar-refractivity contribution in [2.45, 2.75) is 141 Å². The molecule has 1 heterocycles. The highest BCUT2D eigenvalue weighted by molar-refractivity contribution is 7.90. The molecule has 0 fully saturated rings. The van der Waals surface area contributed by atoms with Crippen molar-refractivity contribution in [3.63, 3.8) is 0 Å². The van der Waals surface area contributed by atoms with Gasteiger partial charge in [0.2, 0.25) is 35.4 Å². The first-order valence-electron chi connectivity index (χ1n) is 27.7. The number of nitrogens with zero attached hydrogens (tertiary/aromatic N) is 2. The van der Waals surface area contributed by atoms with Gasteiger partial charge in [0.15, 0.2) is 0 Å². The van der Waals surface area contributed by atoms with E-state index in [1.54, 1.807) is 44.4 Å². The third kappa shape index (κ3) is 20.1. The standard InChI is InChI=1S/C60H84N10O12S/c1-38(2)47(69(11)58(79)52(59(5,6)7)67-57(78)51(62-10)60(8,9)42-22-16-13-17-23-42)36-39(3)53(74)68-83(80,81)44-27-25-43(26-28-44)64-55(76)45(24-18-19-32-61)65-56(77)46(37-41-20-14-12-15-21-41)66-54(75)40(4)63-48(71)31-34-82-35-33-70-49(72)29-30-50(70)73/h12-17,20-23,25-30,36,38,40,45-47,51-52,62H,18-19,24,31-35,37,61H2,1-11H3,(H,63,71)(H,64,76)(H,65,77)(H,66,75)(H,67,78)(H,68,74)/b39-36+/t40-,45+,46+,47-,51-,52-/m1/s1. The zero-order valence-electron chi connectivity index (χ0n) is 49.5. The van der Waals surface area contributed by atoms with Gasteiger partial charge in [-0.05, 0) is 93.4 Å². The first-order valence-corrected chi connectivity index (χ1v) is 29.2. The number of nitrogens with one attached hydrogen (secondary N) is 7. The van der Waals surface area contributed by atoms with E-state index in [0.717, 1.165) is 22.6 Å². The lowest BCUT2D eigenvalue weighted by Crippen LogP contribution is -2.61. The van der Waals surface area contributed by atoms with Crippen LogP contribution in [-0.2, 0) is 69.7 Å². The molecule has 9 N–H and O–H groups in total. The Labute approximate surface area is 488 Å². The Morgan fingerprint density at radius 3 is 1.88 bits per heavy atom. The van der Waals surface area contributed by atoms with Crippen LogP contribution in [-0.4, -0.2) is 148 Å². The lowest BCUT2D eigenvalue weighted by Gasteiger charge is -2.40. The minimum atomic E-state index is -4.49. The third-order valence-electron chi connectivity index (χ3n) is 14.2. The van der Waals surface area contributed by atoms with Crippen molar-refractivity contribution in [3.05, 3.63) is 120 Å². The number of ether oxygens (including phenoxy) is 1. The van der Waals surface area contributed by atoms with Gasteiger partial charge in [-0.25, -0.2) is 13.1 Å². The number of anilines is 1. The van der Waals surface area contributed by atoms with Crippen LogP contribution < -0.4 is 42.4 Å². The van der Waals surface area contributed by atoms with E-state index in [1.165, 1.54) is 49.1 Å². The molecule has 0 radical (unpaired) electrons. The number of amides is 9. The zero-order valence-corrected chi connectivity index (χ0v) is 50.3. The highest BCUT2D eigenvalue weighted by Crippen LogP contribution is 2.29. The van der Waals surface area contributed by atoms with E-state index < -0.39 is 104 Å². The van der Waals surface area contributed by atoms with Crippen LogP contribution in [0.3, 0.4) is 0 Å². The summed E-state index contributed by atoms with van der Waals surface area (Å²) in [6.07, 6.45) is 4.79. The van der Waals surface area contributed by atoms with E-state index >= 15 is 0 Å². The number of unbranched alkanes of at least 4 members (excludes halogenated alkanes) is 1. The number of carbonyl (C=O) groups is 9. The average molecular weight is 1170 g/mol. The Bertz CT molecular complexity index is 2910. The van der Waals surface area contributed by atoms with Crippen LogP contribution >= 0.6 is 0 Å². The Kier molecular flexibility index (Phi) is 25.5. The first kappa shape index (κ1) is 67.9. The van der Waals surface area contributed by atoms with Crippen LogP contribution in [0.1, 0.15) is 99.1 Å². The SMILES string of the molecule is CN[C@H](C(=O)N[C@H](C(=O)N(C)[C@H](/C=C(\C)C(=O)NS(=O)(=O)c1ccc(NC(=O)[C@H](CCCCN)NC(=O)[C@H](Cc2ccccc2)NC(=O)[C@@H](C)NC(=O)CCOCCN2C(=O)C=CC2=O)cc1)C(C)C)C(C)(C)C)C(C)(C)c1ccccc1. The number of hydrogen-bond acceptors (Lipinski definition) is 14. The van der Waals surface area contributed by atoms with Crippen LogP contribution in [0.15, 0.2) is 114 Å². The number of hydrogen-bond donors (Lipinski definition) is 8. The van der Waals surface area contributed by atoms with Crippen LogP contribution in [0.4, 0.5) is 5.69 Å². The van der Waals surface area contributed by atoms with Crippen molar-refractivity contribution in [1.29, 1.82) is 0 Å². The molecule has 1 aliphatic rings. The molecule has 6 atom stereocenters. The average Bonchev–Trinajstić information content (AvgIpc) is 3.84. The molecule has 0 saturated carbocycles. The molecule has 3 aromatic carbocycles. The van der Waals surface area contributed by atoms with Gasteiger partial charge in [0.05, 0.1) is 36.7 Å². The van der Waals surface area contributed by atoms with Crippen molar-refractivity contribution in [1.82, 2.24) is 41.1 Å². The molecule has 452 valence electrons. The molecule has 3 aromatic rings. The van der Waals surface area contributed by atoms with Gasteiger partial charge in [-0.1, -0.05) is 115 Å². The van der Waals surface area contributed by atoms with Crippen LogP contribution in [0, 0.1) is 11.3 Å². The quantitative estimate of drug-likeness (QED) is 0.0261. The van der Waals surface area contributed by atoms with Gasteiger partial charge in [-0.15, -0.1) is 0 Å². The Morgan fingerprint density at radius 2 is 1.31 bits per heavy atom. The molecular formula is C60H84N10O12S. The summed E-state index contributed by atoms with van der Waals surface area (Å²) in [7, 11) is -1.23. The fourth-order valence-electron chi connectivity index (χ4n) is 9.21. The van der Waals surface area contributed by atoms with Gasteiger partial charge >= 0.3 is 0 Å². The molecule has 4 rings (SSSR count). The summed E-state index contributed by atoms with van der Waals surface area (Å²) in [5.74, 6) is -5.49. The number of sulfonamides is 1. The van der Waals surface area contributed by atoms with Gasteiger partial charge in [0, 0.05) is 48.7 Å². The van der Waals surface area contributed by atoms with Crippen LogP contribution in [0.25, 0.3) is 0 Å². The molecule has 83 heavy (non-hydrogen) atoms. The smallest absolute Gasteiger partial charge is 0.264 e. The van der Waals surface area contributed by atoms with E-state index in [4.69, 9.17) is 10.5 Å². The summed E-state index contributed by atoms with van der Waals surface area (Å²) >= 11 is 0. The summed E-state index contributed by atoms with van der Waals surface area (Å²) in [6, 6.07) is 17.5. The monoisotopic (exact) mass is 1170 g/mol. The van der Waals surface area contributed by atoms with Crippen molar-refractivity contribution in [2.24, 2.45) is 17.1 Å². The molecular weight excluding hydrogens is 1080 g/mol. The number of benzene rings is 3. The topological polar surface area (TPSA) is 314 Å². The number of carbonyl (C=O) groups excluding carboxylic acids is 9. The summed E-state index contributed by atoms with van der Waals surface area (Å²) in [5.41, 5.74) is 6.13. The fraction of sp³-hybridized carbons (Fsp3) is 0.483. The summed E-state index contributed by atoms with van der Waals surface area (Å²) in [6.45, 7) is 16.2. The lowest BCUT2D eigenvalue weighted by atomic mass is 9.76. The highest BCUT2D eigenvalue weighted by Gasteiger charge is 2.42. The molecule has 0 aliphatic carbocycles. The highest BCUT2D eigenvalue weighted by atomic mass is 32.2. The van der Waals surface area contributed by atoms with Crippen LogP contribution in [0.5, 0.6) is 0 Å². The third-order valence-corrected chi connectivity index (χ3v) is 15.6. The predicted octanol–water partition coefficient (Wildman–Crippen LogP) is 3.13. The van der Waals surface area contributed by atoms with Crippen molar-refractivity contribution >= 4 is 68.9 Å². The van der Waals surface area contributed by atoms with Crippen LogP contribution in [0.2, 0.25) is 0 Å². The van der Waals surface area contributed by atoms with E-state index in [9.17, 15) is 51.6 Å². The first-order chi connectivity index (χ1) is 39.0. The number of nitrogens with two attached hydrogens (primary N) is 1. The summed E-state index contributed by atoms with van der Waals surface area (Å²) in [4.78, 5) is 122. The second kappa shape index (κ2) is 31.2.